The van der Waals surface area contributed by atoms with E-state index in [4.69, 9.17) is 5.73 Å². The predicted octanol–water partition coefficient (Wildman–Crippen LogP) is 1.67. The third kappa shape index (κ3) is 1.98. The Kier molecular flexibility index (Phi) is 3.28. The summed E-state index contributed by atoms with van der Waals surface area (Å²) in [5.41, 5.74) is 6.21. The van der Waals surface area contributed by atoms with Gasteiger partial charge in [0.1, 0.15) is 11.6 Å². The molecular weight excluding hydrogens is 200 g/mol. The minimum Gasteiger partial charge on any atom is -0.330 e. The molecule has 1 heterocycles. The number of rotatable bonds is 5. The van der Waals surface area contributed by atoms with E-state index in [0.717, 1.165) is 37.6 Å². The molecule has 0 unspecified atom stereocenters. The summed E-state index contributed by atoms with van der Waals surface area (Å²) < 4.78 is 2.25. The van der Waals surface area contributed by atoms with Crippen LogP contribution in [0, 0.1) is 12.3 Å². The van der Waals surface area contributed by atoms with Gasteiger partial charge in [-0.25, -0.2) is 0 Å². The summed E-state index contributed by atoms with van der Waals surface area (Å²) in [7, 11) is 0. The number of nitrogens with two attached hydrogens (primary N) is 1. The Morgan fingerprint density at radius 1 is 1.38 bits per heavy atom. The van der Waals surface area contributed by atoms with Gasteiger partial charge in [0.25, 0.3) is 0 Å². The van der Waals surface area contributed by atoms with Crippen molar-refractivity contribution in [2.45, 2.75) is 52.5 Å². The number of hydrogen-bond acceptors (Lipinski definition) is 3. The molecule has 0 spiro atoms. The molecule has 0 aromatic carbocycles. The van der Waals surface area contributed by atoms with Gasteiger partial charge in [0, 0.05) is 13.0 Å². The Hall–Kier alpha value is -0.900. The monoisotopic (exact) mass is 222 g/mol. The number of aryl methyl sites for hydroxylation is 1. The molecule has 1 fully saturated rings. The van der Waals surface area contributed by atoms with Crippen LogP contribution < -0.4 is 5.73 Å². The molecule has 4 heteroatoms. The summed E-state index contributed by atoms with van der Waals surface area (Å²) in [6.07, 6.45) is 5.95. The van der Waals surface area contributed by atoms with E-state index in [1.807, 2.05) is 6.92 Å². The second-order valence-corrected chi connectivity index (χ2v) is 5.05. The van der Waals surface area contributed by atoms with Crippen molar-refractivity contribution in [3.8, 4) is 0 Å². The maximum Gasteiger partial charge on any atom is 0.133 e. The Bertz CT molecular complexity index is 346. The van der Waals surface area contributed by atoms with E-state index >= 15 is 0 Å². The Morgan fingerprint density at radius 3 is 2.62 bits per heavy atom. The van der Waals surface area contributed by atoms with Crippen molar-refractivity contribution in [1.82, 2.24) is 14.8 Å². The lowest BCUT2D eigenvalue weighted by atomic mass is 9.66. The van der Waals surface area contributed by atoms with Gasteiger partial charge >= 0.3 is 0 Å². The van der Waals surface area contributed by atoms with Crippen LogP contribution in [0.25, 0.3) is 0 Å². The first-order valence-corrected chi connectivity index (χ1v) is 6.29. The van der Waals surface area contributed by atoms with Gasteiger partial charge in [0.2, 0.25) is 0 Å². The minimum absolute atomic E-state index is 0.324. The van der Waals surface area contributed by atoms with E-state index in [1.54, 1.807) is 0 Å². The Labute approximate surface area is 97.2 Å². The molecule has 1 aliphatic carbocycles. The van der Waals surface area contributed by atoms with E-state index < -0.39 is 0 Å². The van der Waals surface area contributed by atoms with Crippen molar-refractivity contribution in [2.75, 3.05) is 6.54 Å². The van der Waals surface area contributed by atoms with Crippen molar-refractivity contribution < 1.29 is 0 Å². The van der Waals surface area contributed by atoms with Crippen LogP contribution in [0.4, 0.5) is 0 Å². The van der Waals surface area contributed by atoms with Gasteiger partial charge in [0.05, 0.1) is 0 Å². The quantitative estimate of drug-likeness (QED) is 0.824. The first-order valence-electron chi connectivity index (χ1n) is 6.29. The van der Waals surface area contributed by atoms with Gasteiger partial charge in [-0.3, -0.25) is 0 Å². The first kappa shape index (κ1) is 11.6. The van der Waals surface area contributed by atoms with E-state index in [2.05, 4.69) is 21.7 Å². The van der Waals surface area contributed by atoms with Gasteiger partial charge in [0.15, 0.2) is 0 Å². The van der Waals surface area contributed by atoms with E-state index in [0.29, 0.717) is 5.41 Å². The Morgan fingerprint density at radius 2 is 2.12 bits per heavy atom. The SMILES string of the molecule is CCCn1c(C)nnc1CC1(CN)CCC1. The molecule has 1 aliphatic rings. The molecule has 2 N–H and O–H groups in total. The number of aromatic nitrogens is 3. The van der Waals surface area contributed by atoms with E-state index in [9.17, 15) is 0 Å². The molecular formula is C12H22N4. The second-order valence-electron chi connectivity index (χ2n) is 5.05. The topological polar surface area (TPSA) is 56.7 Å². The maximum atomic E-state index is 5.89. The highest BCUT2D eigenvalue weighted by molar-refractivity contribution is 5.02. The van der Waals surface area contributed by atoms with Crippen molar-refractivity contribution in [1.29, 1.82) is 0 Å². The molecule has 1 aromatic heterocycles. The third-order valence-corrected chi connectivity index (χ3v) is 3.84. The fraction of sp³-hybridized carbons (Fsp3) is 0.833. The molecule has 16 heavy (non-hydrogen) atoms. The molecule has 1 aromatic rings. The van der Waals surface area contributed by atoms with Crippen LogP contribution in [0.5, 0.6) is 0 Å². The van der Waals surface area contributed by atoms with Crippen molar-refractivity contribution in [2.24, 2.45) is 11.1 Å². The van der Waals surface area contributed by atoms with Crippen LogP contribution >= 0.6 is 0 Å². The highest BCUT2D eigenvalue weighted by Crippen LogP contribution is 2.42. The maximum absolute atomic E-state index is 5.89. The van der Waals surface area contributed by atoms with Gasteiger partial charge < -0.3 is 10.3 Å². The van der Waals surface area contributed by atoms with Crippen LogP contribution in [-0.2, 0) is 13.0 Å². The predicted molar refractivity (Wildman–Crippen MR) is 64.1 cm³/mol. The average molecular weight is 222 g/mol. The molecule has 0 bridgehead atoms. The van der Waals surface area contributed by atoms with Crippen LogP contribution in [0.2, 0.25) is 0 Å². The summed E-state index contributed by atoms with van der Waals surface area (Å²) in [6.45, 7) is 6.02. The highest BCUT2D eigenvalue weighted by atomic mass is 15.3. The van der Waals surface area contributed by atoms with Crippen LogP contribution in [0.3, 0.4) is 0 Å². The zero-order chi connectivity index (χ0) is 11.6. The second kappa shape index (κ2) is 4.53. The van der Waals surface area contributed by atoms with E-state index in [-0.39, 0.29) is 0 Å². The number of nitrogens with zero attached hydrogens (tertiary/aromatic N) is 3. The van der Waals surface area contributed by atoms with Gasteiger partial charge in [-0.1, -0.05) is 13.3 Å². The van der Waals surface area contributed by atoms with E-state index in [1.165, 1.54) is 19.3 Å². The zero-order valence-corrected chi connectivity index (χ0v) is 10.4. The molecule has 90 valence electrons. The van der Waals surface area contributed by atoms with Gasteiger partial charge in [-0.05, 0) is 38.1 Å². The molecule has 2 rings (SSSR count). The largest absolute Gasteiger partial charge is 0.330 e. The standard InChI is InChI=1S/C12H22N4/c1-3-7-16-10(2)14-15-11(16)8-12(9-13)5-4-6-12/h3-9,13H2,1-2H3. The normalized spacial score (nSPS) is 18.4. The first-order chi connectivity index (χ1) is 7.71. The summed E-state index contributed by atoms with van der Waals surface area (Å²) in [4.78, 5) is 0. The summed E-state index contributed by atoms with van der Waals surface area (Å²) in [5, 5.41) is 8.49. The summed E-state index contributed by atoms with van der Waals surface area (Å²) >= 11 is 0. The van der Waals surface area contributed by atoms with Crippen molar-refractivity contribution >= 4 is 0 Å². The molecule has 0 atom stereocenters. The smallest absolute Gasteiger partial charge is 0.133 e. The van der Waals surface area contributed by atoms with Crippen LogP contribution in [0.15, 0.2) is 0 Å². The number of hydrogen-bond donors (Lipinski definition) is 1. The molecule has 1 saturated carbocycles. The molecule has 0 amide bonds. The lowest BCUT2D eigenvalue weighted by molar-refractivity contribution is 0.139. The molecule has 4 nitrogen and oxygen atoms in total. The molecule has 0 saturated heterocycles. The fourth-order valence-electron chi connectivity index (χ4n) is 2.54. The summed E-state index contributed by atoms with van der Waals surface area (Å²) in [6, 6.07) is 0. The average Bonchev–Trinajstić information content (AvgIpc) is 2.56. The van der Waals surface area contributed by atoms with Gasteiger partial charge in [-0.15, -0.1) is 10.2 Å². The highest BCUT2D eigenvalue weighted by Gasteiger charge is 2.37. The minimum atomic E-state index is 0.324. The fourth-order valence-corrected chi connectivity index (χ4v) is 2.54. The molecule has 0 aliphatic heterocycles. The summed E-state index contributed by atoms with van der Waals surface area (Å²) in [5.74, 6) is 2.16. The lowest BCUT2D eigenvalue weighted by Gasteiger charge is -2.40. The van der Waals surface area contributed by atoms with Crippen LogP contribution in [-0.4, -0.2) is 21.3 Å². The van der Waals surface area contributed by atoms with Gasteiger partial charge in [-0.2, -0.15) is 0 Å². The Balaban J connectivity index is 2.14. The zero-order valence-electron chi connectivity index (χ0n) is 10.4. The van der Waals surface area contributed by atoms with Crippen LogP contribution in [0.1, 0.15) is 44.3 Å². The lowest BCUT2D eigenvalue weighted by Crippen LogP contribution is -2.40. The molecule has 0 radical (unpaired) electrons. The van der Waals surface area contributed by atoms with Crippen molar-refractivity contribution in [3.05, 3.63) is 11.6 Å². The van der Waals surface area contributed by atoms with Crippen molar-refractivity contribution in [3.63, 3.8) is 0 Å². The third-order valence-electron chi connectivity index (χ3n) is 3.84.